The maximum absolute atomic E-state index is 12.9. The zero-order valence-corrected chi connectivity index (χ0v) is 14.9. The van der Waals surface area contributed by atoms with Crippen molar-refractivity contribution >= 4 is 11.8 Å². The highest BCUT2D eigenvalue weighted by atomic mass is 16.5. The molecule has 0 unspecified atom stereocenters. The molecule has 1 atom stereocenters. The van der Waals surface area contributed by atoms with Crippen LogP contribution in [0.15, 0.2) is 40.8 Å². The molecule has 0 spiro atoms. The summed E-state index contributed by atoms with van der Waals surface area (Å²) in [4.78, 5) is 25.9. The molecule has 2 aromatic rings. The summed E-state index contributed by atoms with van der Waals surface area (Å²) in [6.07, 6.45) is 3.34. The van der Waals surface area contributed by atoms with Crippen molar-refractivity contribution in [1.82, 2.24) is 4.90 Å². The first-order chi connectivity index (χ1) is 12.6. The number of likely N-dealkylation sites (N-methyl/N-ethyl adjacent to an activating group) is 1. The third-order valence-electron chi connectivity index (χ3n) is 4.61. The molecule has 1 aromatic carbocycles. The van der Waals surface area contributed by atoms with E-state index in [0.29, 0.717) is 24.4 Å². The van der Waals surface area contributed by atoms with Crippen LogP contribution < -0.4 is 5.73 Å². The number of rotatable bonds is 6. The number of amides is 2. The predicted molar refractivity (Wildman–Crippen MR) is 97.8 cm³/mol. The summed E-state index contributed by atoms with van der Waals surface area (Å²) >= 11 is 0. The molecule has 0 aliphatic carbocycles. The highest BCUT2D eigenvalue weighted by Gasteiger charge is 2.22. The summed E-state index contributed by atoms with van der Waals surface area (Å²) in [6, 6.07) is 10.4. The molecule has 0 saturated carbocycles. The van der Waals surface area contributed by atoms with E-state index in [1.807, 2.05) is 17.9 Å². The van der Waals surface area contributed by atoms with E-state index in [2.05, 4.69) is 0 Å². The van der Waals surface area contributed by atoms with Crippen molar-refractivity contribution in [3.63, 3.8) is 0 Å². The van der Waals surface area contributed by atoms with Gasteiger partial charge in [0.2, 0.25) is 0 Å². The zero-order valence-electron chi connectivity index (χ0n) is 14.9. The van der Waals surface area contributed by atoms with E-state index >= 15 is 0 Å². The average molecular weight is 356 g/mol. The fourth-order valence-electron chi connectivity index (χ4n) is 3.17. The van der Waals surface area contributed by atoms with E-state index in [9.17, 15) is 9.59 Å². The van der Waals surface area contributed by atoms with Crippen LogP contribution in [0.2, 0.25) is 0 Å². The first-order valence-electron chi connectivity index (χ1n) is 8.99. The molecule has 6 heteroatoms. The minimum atomic E-state index is -0.617. The van der Waals surface area contributed by atoms with Gasteiger partial charge in [-0.15, -0.1) is 0 Å². The van der Waals surface area contributed by atoms with Crippen LogP contribution in [0.25, 0.3) is 11.3 Å². The second kappa shape index (κ2) is 8.19. The lowest BCUT2D eigenvalue weighted by atomic mass is 10.1. The average Bonchev–Trinajstić information content (AvgIpc) is 3.17. The van der Waals surface area contributed by atoms with Crippen LogP contribution in [0.1, 0.15) is 47.1 Å². The van der Waals surface area contributed by atoms with Gasteiger partial charge in [-0.1, -0.05) is 12.1 Å². The number of hydrogen-bond donors (Lipinski definition) is 1. The molecule has 2 amide bonds. The van der Waals surface area contributed by atoms with Gasteiger partial charge >= 0.3 is 0 Å². The molecule has 3 rings (SSSR count). The maximum atomic E-state index is 12.9. The fraction of sp³-hybridized carbons (Fsp3) is 0.400. The van der Waals surface area contributed by atoms with Gasteiger partial charge in [-0.3, -0.25) is 9.59 Å². The molecule has 0 bridgehead atoms. The van der Waals surface area contributed by atoms with Gasteiger partial charge in [-0.25, -0.2) is 0 Å². The van der Waals surface area contributed by atoms with E-state index in [4.69, 9.17) is 14.9 Å². The lowest BCUT2D eigenvalue weighted by Gasteiger charge is -2.29. The normalized spacial score (nSPS) is 17.0. The summed E-state index contributed by atoms with van der Waals surface area (Å²) < 4.78 is 11.2. The monoisotopic (exact) mass is 356 g/mol. The molecule has 2 heterocycles. The fourth-order valence-corrected chi connectivity index (χ4v) is 3.17. The summed E-state index contributed by atoms with van der Waals surface area (Å²) in [5.41, 5.74) is 6.54. The Kier molecular flexibility index (Phi) is 5.73. The minimum Gasteiger partial charge on any atom is -0.451 e. The highest BCUT2D eigenvalue weighted by Crippen LogP contribution is 2.24. The number of nitrogens with two attached hydrogens (primary N) is 1. The first kappa shape index (κ1) is 18.2. The Morgan fingerprint density at radius 2 is 2.08 bits per heavy atom. The smallest absolute Gasteiger partial charge is 0.284 e. The molecule has 1 aliphatic heterocycles. The molecule has 0 radical (unpaired) electrons. The molecule has 138 valence electrons. The lowest BCUT2D eigenvalue weighted by Crippen LogP contribution is -2.39. The van der Waals surface area contributed by atoms with E-state index in [-0.39, 0.29) is 17.8 Å². The van der Waals surface area contributed by atoms with Crippen molar-refractivity contribution in [3.8, 4) is 11.3 Å². The Morgan fingerprint density at radius 3 is 2.73 bits per heavy atom. The standard InChI is InChI=1S/C20H24N2O4/c1-2-22(13-16-8-3-4-11-25-16)20(24)15-7-5-6-14(12-15)17-9-10-18(26-17)19(21)23/h5-7,9-10,12,16H,2-4,8,11,13H2,1H3,(H2,21,23)/t16-/m0/s1. The number of ether oxygens (including phenoxy) is 1. The molecule has 1 aromatic heterocycles. The van der Waals surface area contributed by atoms with Crippen LogP contribution in [-0.2, 0) is 4.74 Å². The maximum Gasteiger partial charge on any atom is 0.284 e. The van der Waals surface area contributed by atoms with Crippen LogP contribution in [0, 0.1) is 0 Å². The summed E-state index contributed by atoms with van der Waals surface area (Å²) in [5, 5.41) is 0. The van der Waals surface area contributed by atoms with Gasteiger partial charge in [0.1, 0.15) is 5.76 Å². The Balaban J connectivity index is 1.76. The van der Waals surface area contributed by atoms with E-state index in [1.165, 1.54) is 6.07 Å². The number of carbonyl (C=O) groups excluding carboxylic acids is 2. The van der Waals surface area contributed by atoms with Crippen molar-refractivity contribution in [1.29, 1.82) is 0 Å². The molecule has 1 aliphatic rings. The van der Waals surface area contributed by atoms with Gasteiger partial charge in [0, 0.05) is 30.8 Å². The summed E-state index contributed by atoms with van der Waals surface area (Å²) in [7, 11) is 0. The molecular formula is C20H24N2O4. The first-order valence-corrected chi connectivity index (χ1v) is 8.99. The third kappa shape index (κ3) is 4.14. The topological polar surface area (TPSA) is 85.8 Å². The highest BCUT2D eigenvalue weighted by molar-refractivity contribution is 5.95. The van der Waals surface area contributed by atoms with E-state index < -0.39 is 5.91 Å². The Labute approximate surface area is 152 Å². The molecule has 1 saturated heterocycles. The van der Waals surface area contributed by atoms with Crippen molar-refractivity contribution in [3.05, 3.63) is 47.7 Å². The lowest BCUT2D eigenvalue weighted by molar-refractivity contribution is -0.00311. The quantitative estimate of drug-likeness (QED) is 0.862. The van der Waals surface area contributed by atoms with Gasteiger partial charge in [0.05, 0.1) is 6.10 Å². The minimum absolute atomic E-state index is 0.0368. The van der Waals surface area contributed by atoms with Crippen molar-refractivity contribution in [2.75, 3.05) is 19.7 Å². The summed E-state index contributed by atoms with van der Waals surface area (Å²) in [5.74, 6) is -0.0493. The Morgan fingerprint density at radius 1 is 1.23 bits per heavy atom. The number of carbonyl (C=O) groups is 2. The van der Waals surface area contributed by atoms with Crippen LogP contribution in [-0.4, -0.2) is 42.5 Å². The van der Waals surface area contributed by atoms with Crippen LogP contribution in [0.5, 0.6) is 0 Å². The second-order valence-electron chi connectivity index (χ2n) is 6.44. The van der Waals surface area contributed by atoms with Crippen LogP contribution in [0.3, 0.4) is 0 Å². The third-order valence-corrected chi connectivity index (χ3v) is 4.61. The molecule has 2 N–H and O–H groups in total. The summed E-state index contributed by atoms with van der Waals surface area (Å²) in [6.45, 7) is 3.96. The van der Waals surface area contributed by atoms with Gasteiger partial charge in [0.25, 0.3) is 11.8 Å². The van der Waals surface area contributed by atoms with Gasteiger partial charge in [-0.2, -0.15) is 0 Å². The van der Waals surface area contributed by atoms with Crippen LogP contribution in [0.4, 0.5) is 0 Å². The SMILES string of the molecule is CCN(C[C@@H]1CCCCO1)C(=O)c1cccc(-c2ccc(C(N)=O)o2)c1. The van der Waals surface area contributed by atoms with Crippen molar-refractivity contribution < 1.29 is 18.7 Å². The predicted octanol–water partition coefficient (Wildman–Crippen LogP) is 3.08. The molecular weight excluding hydrogens is 332 g/mol. The van der Waals surface area contributed by atoms with Gasteiger partial charge < -0.3 is 19.8 Å². The van der Waals surface area contributed by atoms with Crippen molar-refractivity contribution in [2.24, 2.45) is 5.73 Å². The Bertz CT molecular complexity index is 778. The number of hydrogen-bond acceptors (Lipinski definition) is 4. The number of primary amides is 1. The second-order valence-corrected chi connectivity index (χ2v) is 6.44. The van der Waals surface area contributed by atoms with E-state index in [0.717, 1.165) is 31.4 Å². The number of nitrogens with zero attached hydrogens (tertiary/aromatic N) is 1. The van der Waals surface area contributed by atoms with E-state index in [1.54, 1.807) is 24.3 Å². The largest absolute Gasteiger partial charge is 0.451 e. The van der Waals surface area contributed by atoms with Gasteiger partial charge in [-0.05, 0) is 50.5 Å². The number of benzene rings is 1. The van der Waals surface area contributed by atoms with Crippen LogP contribution >= 0.6 is 0 Å². The molecule has 26 heavy (non-hydrogen) atoms. The molecule has 6 nitrogen and oxygen atoms in total. The number of furan rings is 1. The zero-order chi connectivity index (χ0) is 18.5. The van der Waals surface area contributed by atoms with Crippen molar-refractivity contribution in [2.45, 2.75) is 32.3 Å². The Hall–Kier alpha value is -2.60. The molecule has 1 fully saturated rings. The van der Waals surface area contributed by atoms with Gasteiger partial charge in [0.15, 0.2) is 5.76 Å².